The fraction of sp³-hybridized carbons (Fsp3) is 0.786. The first kappa shape index (κ1) is 19.4. The summed E-state index contributed by atoms with van der Waals surface area (Å²) in [5.41, 5.74) is 5.46. The normalized spacial score (nSPS) is 15.4. The van der Waals surface area contributed by atoms with Gasteiger partial charge in [0.15, 0.2) is 0 Å². The van der Waals surface area contributed by atoms with Crippen molar-refractivity contribution in [2.45, 2.75) is 59.2 Å². The van der Waals surface area contributed by atoms with Gasteiger partial charge in [-0.3, -0.25) is 9.59 Å². The number of rotatable bonds is 8. The highest BCUT2D eigenvalue weighted by Crippen LogP contribution is 2.08. The third-order valence-electron chi connectivity index (χ3n) is 2.98. The summed E-state index contributed by atoms with van der Waals surface area (Å²) in [6.07, 6.45) is 0.327. The van der Waals surface area contributed by atoms with Crippen LogP contribution in [-0.4, -0.2) is 41.0 Å². The van der Waals surface area contributed by atoms with E-state index in [1.54, 1.807) is 13.8 Å². The number of hydrogen-bond acceptors (Lipinski definition) is 4. The molecule has 7 nitrogen and oxygen atoms in total. The van der Waals surface area contributed by atoms with Gasteiger partial charge in [0, 0.05) is 0 Å². The zero-order valence-corrected chi connectivity index (χ0v) is 13.3. The SMILES string of the molecule is CC(C)C[C@H](NC(=O)[C@H](NC(=O)[C@H](C)N)C(C)C)C(=O)O. The van der Waals surface area contributed by atoms with Gasteiger partial charge in [0.1, 0.15) is 12.1 Å². The maximum Gasteiger partial charge on any atom is 0.326 e. The molecule has 0 aliphatic rings. The highest BCUT2D eigenvalue weighted by atomic mass is 16.4. The van der Waals surface area contributed by atoms with Crippen LogP contribution >= 0.6 is 0 Å². The molecule has 0 spiro atoms. The average Bonchev–Trinajstić information content (AvgIpc) is 2.33. The number of nitrogens with one attached hydrogen (secondary N) is 2. The van der Waals surface area contributed by atoms with Crippen molar-refractivity contribution in [3.63, 3.8) is 0 Å². The van der Waals surface area contributed by atoms with E-state index in [0.717, 1.165) is 0 Å². The summed E-state index contributed by atoms with van der Waals surface area (Å²) in [6.45, 7) is 8.80. The number of carbonyl (C=O) groups excluding carboxylic acids is 2. The Labute approximate surface area is 125 Å². The predicted molar refractivity (Wildman–Crippen MR) is 79.4 cm³/mol. The van der Waals surface area contributed by atoms with E-state index >= 15 is 0 Å². The number of hydrogen-bond donors (Lipinski definition) is 4. The summed E-state index contributed by atoms with van der Waals surface area (Å²) in [6, 6.07) is -2.51. The molecule has 0 fully saturated rings. The molecule has 2 amide bonds. The number of carboxylic acids is 1. The predicted octanol–water partition coefficient (Wildman–Crippen LogP) is 0.0899. The Bertz CT molecular complexity index is 380. The van der Waals surface area contributed by atoms with Crippen molar-refractivity contribution < 1.29 is 19.5 Å². The van der Waals surface area contributed by atoms with Crippen LogP contribution in [0.1, 0.15) is 41.0 Å². The molecule has 0 saturated carbocycles. The lowest BCUT2D eigenvalue weighted by molar-refractivity contribution is -0.143. The number of nitrogens with two attached hydrogens (primary N) is 1. The Morgan fingerprint density at radius 3 is 1.86 bits per heavy atom. The molecular weight excluding hydrogens is 274 g/mol. The minimum Gasteiger partial charge on any atom is -0.480 e. The van der Waals surface area contributed by atoms with Crippen molar-refractivity contribution in [2.24, 2.45) is 17.6 Å². The molecule has 7 heteroatoms. The second kappa shape index (κ2) is 8.61. The molecule has 0 radical (unpaired) electrons. The Hall–Kier alpha value is -1.63. The van der Waals surface area contributed by atoms with E-state index in [1.807, 2.05) is 13.8 Å². The molecule has 0 bridgehead atoms. The second-order valence-electron chi connectivity index (χ2n) is 6.05. The van der Waals surface area contributed by atoms with Crippen LogP contribution in [0, 0.1) is 11.8 Å². The molecule has 0 heterocycles. The molecule has 0 unspecified atom stereocenters. The maximum absolute atomic E-state index is 12.2. The van der Waals surface area contributed by atoms with Crippen LogP contribution in [0.4, 0.5) is 0 Å². The topological polar surface area (TPSA) is 122 Å². The fourth-order valence-electron chi connectivity index (χ4n) is 1.77. The van der Waals surface area contributed by atoms with Crippen LogP contribution in [0.15, 0.2) is 0 Å². The summed E-state index contributed by atoms with van der Waals surface area (Å²) in [7, 11) is 0. The number of amides is 2. The summed E-state index contributed by atoms with van der Waals surface area (Å²) in [5.74, 6) is -2.09. The first-order valence-electron chi connectivity index (χ1n) is 7.15. The molecule has 21 heavy (non-hydrogen) atoms. The van der Waals surface area contributed by atoms with Gasteiger partial charge in [-0.05, 0) is 25.2 Å². The monoisotopic (exact) mass is 301 g/mol. The molecule has 122 valence electrons. The van der Waals surface area contributed by atoms with Gasteiger partial charge < -0.3 is 21.5 Å². The van der Waals surface area contributed by atoms with Crippen LogP contribution in [0.3, 0.4) is 0 Å². The van der Waals surface area contributed by atoms with E-state index in [2.05, 4.69) is 10.6 Å². The van der Waals surface area contributed by atoms with Crippen molar-refractivity contribution in [3.8, 4) is 0 Å². The van der Waals surface area contributed by atoms with Gasteiger partial charge >= 0.3 is 5.97 Å². The highest BCUT2D eigenvalue weighted by molar-refractivity contribution is 5.91. The summed E-state index contributed by atoms with van der Waals surface area (Å²) >= 11 is 0. The van der Waals surface area contributed by atoms with E-state index in [0.29, 0.717) is 6.42 Å². The third-order valence-corrected chi connectivity index (χ3v) is 2.98. The summed E-state index contributed by atoms with van der Waals surface area (Å²) in [5, 5.41) is 14.2. The van der Waals surface area contributed by atoms with E-state index in [1.165, 1.54) is 6.92 Å². The third kappa shape index (κ3) is 7.08. The second-order valence-corrected chi connectivity index (χ2v) is 6.05. The maximum atomic E-state index is 12.2. The quantitative estimate of drug-likeness (QED) is 0.506. The lowest BCUT2D eigenvalue weighted by Crippen LogP contribution is -2.56. The van der Waals surface area contributed by atoms with Gasteiger partial charge in [-0.1, -0.05) is 27.7 Å². The molecule has 0 saturated heterocycles. The van der Waals surface area contributed by atoms with Gasteiger partial charge in [-0.25, -0.2) is 4.79 Å². The minimum absolute atomic E-state index is 0.127. The van der Waals surface area contributed by atoms with E-state index in [-0.39, 0.29) is 11.8 Å². The van der Waals surface area contributed by atoms with Crippen molar-refractivity contribution in [3.05, 3.63) is 0 Å². The minimum atomic E-state index is -1.09. The molecule has 0 aliphatic heterocycles. The van der Waals surface area contributed by atoms with Crippen LogP contribution in [0.25, 0.3) is 0 Å². The molecule has 0 aromatic carbocycles. The zero-order valence-electron chi connectivity index (χ0n) is 13.3. The number of aliphatic carboxylic acids is 1. The van der Waals surface area contributed by atoms with Gasteiger partial charge in [-0.15, -0.1) is 0 Å². The number of carboxylic acid groups (broad SMARTS) is 1. The summed E-state index contributed by atoms with van der Waals surface area (Å²) < 4.78 is 0. The van der Waals surface area contributed by atoms with Crippen molar-refractivity contribution in [1.29, 1.82) is 0 Å². The molecule has 3 atom stereocenters. The highest BCUT2D eigenvalue weighted by Gasteiger charge is 2.29. The Morgan fingerprint density at radius 1 is 1.00 bits per heavy atom. The molecular formula is C14H27N3O4. The van der Waals surface area contributed by atoms with Crippen LogP contribution in [-0.2, 0) is 14.4 Å². The Morgan fingerprint density at radius 2 is 1.52 bits per heavy atom. The van der Waals surface area contributed by atoms with E-state index in [9.17, 15) is 14.4 Å². The molecule has 0 aliphatic carbocycles. The molecule has 0 aromatic rings. The Balaban J connectivity index is 4.88. The van der Waals surface area contributed by atoms with Gasteiger partial charge in [0.25, 0.3) is 0 Å². The van der Waals surface area contributed by atoms with Crippen LogP contribution in [0.2, 0.25) is 0 Å². The zero-order chi connectivity index (χ0) is 16.7. The molecule has 0 aromatic heterocycles. The first-order valence-corrected chi connectivity index (χ1v) is 7.15. The number of carbonyl (C=O) groups is 3. The standard InChI is InChI=1S/C14H27N3O4/c1-7(2)6-10(14(20)21)16-13(19)11(8(3)4)17-12(18)9(5)15/h7-11H,6,15H2,1-5H3,(H,16,19)(H,17,18)(H,20,21)/t9-,10-,11+/m0/s1. The van der Waals surface area contributed by atoms with Crippen LogP contribution in [0.5, 0.6) is 0 Å². The van der Waals surface area contributed by atoms with Crippen LogP contribution < -0.4 is 16.4 Å². The molecule has 5 N–H and O–H groups in total. The fourth-order valence-corrected chi connectivity index (χ4v) is 1.77. The first-order chi connectivity index (χ1) is 9.56. The van der Waals surface area contributed by atoms with Gasteiger partial charge in [0.2, 0.25) is 11.8 Å². The van der Waals surface area contributed by atoms with Crippen molar-refractivity contribution >= 4 is 17.8 Å². The summed E-state index contributed by atoms with van der Waals surface area (Å²) in [4.78, 5) is 35.0. The van der Waals surface area contributed by atoms with Gasteiger partial charge in [-0.2, -0.15) is 0 Å². The largest absolute Gasteiger partial charge is 0.480 e. The van der Waals surface area contributed by atoms with Gasteiger partial charge in [0.05, 0.1) is 6.04 Å². The smallest absolute Gasteiger partial charge is 0.326 e. The lowest BCUT2D eigenvalue weighted by atomic mass is 10.00. The van der Waals surface area contributed by atoms with Crippen molar-refractivity contribution in [2.75, 3.05) is 0 Å². The molecule has 0 rings (SSSR count). The lowest BCUT2D eigenvalue weighted by Gasteiger charge is -2.25. The van der Waals surface area contributed by atoms with E-state index in [4.69, 9.17) is 10.8 Å². The Kier molecular flexibility index (Phi) is 7.94. The van der Waals surface area contributed by atoms with Crippen molar-refractivity contribution in [1.82, 2.24) is 10.6 Å². The van der Waals surface area contributed by atoms with E-state index < -0.39 is 35.9 Å². The average molecular weight is 301 g/mol.